The molecule has 4 heteroatoms. The van der Waals surface area contributed by atoms with E-state index in [4.69, 9.17) is 4.74 Å². The lowest BCUT2D eigenvalue weighted by atomic mass is 9.89. The number of nitrogens with one attached hydrogen (secondary N) is 1. The third kappa shape index (κ3) is 3.50. The van der Waals surface area contributed by atoms with Crippen molar-refractivity contribution in [1.82, 2.24) is 10.3 Å². The van der Waals surface area contributed by atoms with Gasteiger partial charge in [0.05, 0.1) is 5.69 Å². The van der Waals surface area contributed by atoms with Crippen LogP contribution in [-0.2, 0) is 11.3 Å². The van der Waals surface area contributed by atoms with Crippen molar-refractivity contribution in [2.45, 2.75) is 52.3 Å². The Morgan fingerprint density at radius 3 is 2.76 bits per heavy atom. The monoisotopic (exact) mass is 254 g/mol. The molecule has 1 fully saturated rings. The number of aromatic nitrogens is 1. The number of thiazole rings is 1. The number of ether oxygens (including phenoxy) is 1. The average molecular weight is 254 g/mol. The van der Waals surface area contributed by atoms with Crippen LogP contribution in [0.5, 0.6) is 0 Å². The predicted molar refractivity (Wildman–Crippen MR) is 71.2 cm³/mol. The zero-order valence-corrected chi connectivity index (χ0v) is 11.9. The molecule has 0 spiro atoms. The highest BCUT2D eigenvalue weighted by Gasteiger charge is 2.29. The van der Waals surface area contributed by atoms with E-state index in [0.717, 1.165) is 23.3 Å². The van der Waals surface area contributed by atoms with Gasteiger partial charge in [0.1, 0.15) is 11.1 Å². The van der Waals surface area contributed by atoms with E-state index in [0.29, 0.717) is 0 Å². The van der Waals surface area contributed by atoms with Crippen LogP contribution in [0.4, 0.5) is 0 Å². The van der Waals surface area contributed by atoms with Crippen molar-refractivity contribution in [2.24, 2.45) is 5.41 Å². The van der Waals surface area contributed by atoms with Gasteiger partial charge in [0.15, 0.2) is 0 Å². The molecule has 3 nitrogen and oxygen atoms in total. The highest BCUT2D eigenvalue weighted by Crippen LogP contribution is 2.36. The lowest BCUT2D eigenvalue weighted by Crippen LogP contribution is -2.20. The fourth-order valence-corrected chi connectivity index (χ4v) is 3.02. The van der Waals surface area contributed by atoms with Crippen LogP contribution in [-0.4, -0.2) is 18.1 Å². The summed E-state index contributed by atoms with van der Waals surface area (Å²) >= 11 is 1.71. The molecule has 96 valence electrons. The molecule has 0 radical (unpaired) electrons. The van der Waals surface area contributed by atoms with Crippen molar-refractivity contribution in [3.05, 3.63) is 16.1 Å². The molecule has 1 aliphatic rings. The van der Waals surface area contributed by atoms with Gasteiger partial charge in [-0.05, 0) is 18.3 Å². The topological polar surface area (TPSA) is 34.1 Å². The van der Waals surface area contributed by atoms with Crippen molar-refractivity contribution in [1.29, 1.82) is 0 Å². The molecule has 1 N–H and O–H groups in total. The Morgan fingerprint density at radius 1 is 1.53 bits per heavy atom. The van der Waals surface area contributed by atoms with E-state index in [1.165, 1.54) is 12.8 Å². The number of nitrogens with zero attached hydrogens (tertiary/aromatic N) is 1. The Morgan fingerprint density at radius 2 is 2.24 bits per heavy atom. The normalized spacial score (nSPS) is 18.4. The third-order valence-corrected chi connectivity index (χ3v) is 3.90. The van der Waals surface area contributed by atoms with Gasteiger partial charge < -0.3 is 10.1 Å². The van der Waals surface area contributed by atoms with E-state index in [1.807, 2.05) is 0 Å². The maximum atomic E-state index is 5.58. The second-order valence-electron chi connectivity index (χ2n) is 5.81. The van der Waals surface area contributed by atoms with Crippen LogP contribution in [0.15, 0.2) is 5.38 Å². The maximum Gasteiger partial charge on any atom is 0.122 e. The van der Waals surface area contributed by atoms with Gasteiger partial charge in [-0.2, -0.15) is 0 Å². The molecular weight excluding hydrogens is 232 g/mol. The fourth-order valence-electron chi connectivity index (χ4n) is 1.89. The summed E-state index contributed by atoms with van der Waals surface area (Å²) in [4.78, 5) is 4.68. The van der Waals surface area contributed by atoms with Crippen molar-refractivity contribution in [3.8, 4) is 0 Å². The van der Waals surface area contributed by atoms with Crippen LogP contribution in [0, 0.1) is 5.41 Å². The van der Waals surface area contributed by atoms with Crippen molar-refractivity contribution >= 4 is 11.3 Å². The Balaban J connectivity index is 1.99. The number of hydrogen-bond donors (Lipinski definition) is 1. The Hall–Kier alpha value is -0.450. The molecule has 17 heavy (non-hydrogen) atoms. The van der Waals surface area contributed by atoms with Crippen molar-refractivity contribution in [2.75, 3.05) is 7.11 Å². The lowest BCUT2D eigenvalue weighted by Gasteiger charge is -2.27. The number of rotatable bonds is 5. The molecule has 0 bridgehead atoms. The summed E-state index contributed by atoms with van der Waals surface area (Å²) in [6.07, 6.45) is 2.72. The summed E-state index contributed by atoms with van der Waals surface area (Å²) in [7, 11) is 1.76. The summed E-state index contributed by atoms with van der Waals surface area (Å²) in [5, 5.41) is 6.72. The zero-order chi connectivity index (χ0) is 12.5. The third-order valence-electron chi connectivity index (χ3n) is 2.97. The first-order valence-corrected chi connectivity index (χ1v) is 7.09. The van der Waals surface area contributed by atoms with Gasteiger partial charge >= 0.3 is 0 Å². The van der Waals surface area contributed by atoms with E-state index in [1.54, 1.807) is 18.4 Å². The Bertz CT molecular complexity index is 366. The molecule has 1 heterocycles. The lowest BCUT2D eigenvalue weighted by molar-refractivity contribution is 0.0149. The predicted octanol–water partition coefficient (Wildman–Crippen LogP) is 3.13. The minimum absolute atomic E-state index is 0.0853. The van der Waals surface area contributed by atoms with Gasteiger partial charge in [-0.25, -0.2) is 4.98 Å². The molecule has 0 amide bonds. The van der Waals surface area contributed by atoms with Crippen molar-refractivity contribution in [3.63, 3.8) is 0 Å². The van der Waals surface area contributed by atoms with Crippen LogP contribution < -0.4 is 5.32 Å². The summed E-state index contributed by atoms with van der Waals surface area (Å²) < 4.78 is 5.58. The first-order valence-electron chi connectivity index (χ1n) is 6.21. The SMILES string of the molecule is COC(c1nc(CNC2CC2)cs1)C(C)(C)C. The van der Waals surface area contributed by atoms with Crippen LogP contribution in [0.1, 0.15) is 50.4 Å². The van der Waals surface area contributed by atoms with E-state index >= 15 is 0 Å². The van der Waals surface area contributed by atoms with E-state index < -0.39 is 0 Å². The molecule has 0 aliphatic heterocycles. The molecule has 2 rings (SSSR count). The van der Waals surface area contributed by atoms with Crippen LogP contribution in [0.25, 0.3) is 0 Å². The molecule has 1 saturated carbocycles. The van der Waals surface area contributed by atoms with E-state index in [2.05, 4.69) is 36.5 Å². The highest BCUT2D eigenvalue weighted by atomic mass is 32.1. The van der Waals surface area contributed by atoms with Crippen LogP contribution >= 0.6 is 11.3 Å². The molecular formula is C13H22N2OS. The second-order valence-corrected chi connectivity index (χ2v) is 6.70. The minimum atomic E-state index is 0.0853. The minimum Gasteiger partial charge on any atom is -0.374 e. The number of methoxy groups -OCH3 is 1. The van der Waals surface area contributed by atoms with Gasteiger partial charge in [-0.15, -0.1) is 11.3 Å². The smallest absolute Gasteiger partial charge is 0.122 e. The van der Waals surface area contributed by atoms with Gasteiger partial charge in [-0.3, -0.25) is 0 Å². The van der Waals surface area contributed by atoms with Crippen LogP contribution in [0.3, 0.4) is 0 Å². The van der Waals surface area contributed by atoms with E-state index in [9.17, 15) is 0 Å². The average Bonchev–Trinajstić information content (AvgIpc) is 2.95. The fraction of sp³-hybridized carbons (Fsp3) is 0.769. The first kappa shape index (κ1) is 13.0. The largest absolute Gasteiger partial charge is 0.374 e. The molecule has 1 atom stereocenters. The molecule has 1 aromatic rings. The molecule has 1 unspecified atom stereocenters. The number of hydrogen-bond acceptors (Lipinski definition) is 4. The molecule has 1 aromatic heterocycles. The molecule has 0 aromatic carbocycles. The summed E-state index contributed by atoms with van der Waals surface area (Å²) in [6.45, 7) is 7.45. The molecule has 0 saturated heterocycles. The van der Waals surface area contributed by atoms with E-state index in [-0.39, 0.29) is 11.5 Å². The van der Waals surface area contributed by atoms with Crippen LogP contribution in [0.2, 0.25) is 0 Å². The Labute approximate surface area is 108 Å². The molecule has 1 aliphatic carbocycles. The van der Waals surface area contributed by atoms with Gasteiger partial charge in [0.2, 0.25) is 0 Å². The van der Waals surface area contributed by atoms with Gasteiger partial charge in [0.25, 0.3) is 0 Å². The standard InChI is InChI=1S/C13H22N2OS/c1-13(2,3)11(16-4)12-15-10(8-17-12)7-14-9-5-6-9/h8-9,11,14H,5-7H2,1-4H3. The second kappa shape index (κ2) is 5.04. The Kier molecular flexibility index (Phi) is 3.85. The quantitative estimate of drug-likeness (QED) is 0.876. The zero-order valence-electron chi connectivity index (χ0n) is 11.1. The summed E-state index contributed by atoms with van der Waals surface area (Å²) in [6, 6.07) is 0.737. The summed E-state index contributed by atoms with van der Waals surface area (Å²) in [5.41, 5.74) is 1.23. The van der Waals surface area contributed by atoms with Gasteiger partial charge in [0, 0.05) is 25.1 Å². The first-order chi connectivity index (χ1) is 8.00. The highest BCUT2D eigenvalue weighted by molar-refractivity contribution is 7.09. The van der Waals surface area contributed by atoms with Crippen molar-refractivity contribution < 1.29 is 4.74 Å². The summed E-state index contributed by atoms with van der Waals surface area (Å²) in [5.74, 6) is 0. The maximum absolute atomic E-state index is 5.58. The van der Waals surface area contributed by atoms with Gasteiger partial charge in [-0.1, -0.05) is 20.8 Å².